The van der Waals surface area contributed by atoms with Crippen LogP contribution in [-0.2, 0) is 9.84 Å². The van der Waals surface area contributed by atoms with Crippen LogP contribution in [-0.4, -0.2) is 18.4 Å². The minimum atomic E-state index is -3.52. The van der Waals surface area contributed by atoms with Gasteiger partial charge in [-0.3, -0.25) is 0 Å². The fourth-order valence-electron chi connectivity index (χ4n) is 2.00. The molecular weight excluding hydrogens is 312 g/mol. The van der Waals surface area contributed by atoms with E-state index in [0.29, 0.717) is 5.75 Å². The number of aromatic nitrogens is 2. The Kier molecular flexibility index (Phi) is 4.08. The van der Waals surface area contributed by atoms with Crippen LogP contribution in [0.4, 0.5) is 0 Å². The third-order valence-corrected chi connectivity index (χ3v) is 4.95. The molecule has 0 aliphatic carbocycles. The van der Waals surface area contributed by atoms with Crippen molar-refractivity contribution in [2.75, 3.05) is 0 Å². The van der Waals surface area contributed by atoms with Crippen LogP contribution in [0.3, 0.4) is 0 Å². The van der Waals surface area contributed by atoms with Crippen LogP contribution in [0.1, 0.15) is 5.69 Å². The van der Waals surface area contributed by atoms with E-state index in [9.17, 15) is 8.42 Å². The number of hydrogen-bond acceptors (Lipinski definition) is 5. The van der Waals surface area contributed by atoms with Crippen LogP contribution >= 0.6 is 0 Å². The number of hydrogen-bond donors (Lipinski definition) is 0. The second-order valence-corrected chi connectivity index (χ2v) is 6.82. The highest BCUT2D eigenvalue weighted by Crippen LogP contribution is 2.24. The van der Waals surface area contributed by atoms with E-state index in [1.165, 1.54) is 12.1 Å². The number of aryl methyl sites for hydroxylation is 1. The Morgan fingerprint density at radius 1 is 0.870 bits per heavy atom. The van der Waals surface area contributed by atoms with Crippen molar-refractivity contribution < 1.29 is 13.2 Å². The average molecular weight is 326 g/mol. The van der Waals surface area contributed by atoms with Gasteiger partial charge in [0.25, 0.3) is 0 Å². The Bertz CT molecular complexity index is 908. The van der Waals surface area contributed by atoms with E-state index in [1.807, 2.05) is 6.92 Å². The Morgan fingerprint density at radius 3 is 2.17 bits per heavy atom. The minimum absolute atomic E-state index is 0.209. The second kappa shape index (κ2) is 6.18. The van der Waals surface area contributed by atoms with Gasteiger partial charge >= 0.3 is 6.01 Å². The summed E-state index contributed by atoms with van der Waals surface area (Å²) in [4.78, 5) is 8.61. The lowest BCUT2D eigenvalue weighted by Gasteiger charge is -2.07. The molecule has 3 rings (SSSR count). The molecule has 0 N–H and O–H groups in total. The van der Waals surface area contributed by atoms with Crippen LogP contribution in [0.25, 0.3) is 0 Å². The summed E-state index contributed by atoms with van der Waals surface area (Å²) in [5.74, 6) is 0.475. The minimum Gasteiger partial charge on any atom is -0.424 e. The van der Waals surface area contributed by atoms with Crippen molar-refractivity contribution in [2.45, 2.75) is 16.7 Å². The van der Waals surface area contributed by atoms with Crippen LogP contribution < -0.4 is 4.74 Å². The van der Waals surface area contributed by atoms with Gasteiger partial charge in [0, 0.05) is 11.9 Å². The molecule has 0 radical (unpaired) electrons. The van der Waals surface area contributed by atoms with Gasteiger partial charge in [0.05, 0.1) is 9.79 Å². The Morgan fingerprint density at radius 2 is 1.52 bits per heavy atom. The second-order valence-electron chi connectivity index (χ2n) is 4.87. The molecule has 3 aromatic rings. The first-order valence-electron chi connectivity index (χ1n) is 6.93. The van der Waals surface area contributed by atoms with Gasteiger partial charge in [0.2, 0.25) is 9.84 Å². The molecule has 0 aliphatic heterocycles. The Labute approximate surface area is 134 Å². The van der Waals surface area contributed by atoms with Gasteiger partial charge in [-0.1, -0.05) is 18.2 Å². The molecule has 0 amide bonds. The molecule has 0 saturated carbocycles. The van der Waals surface area contributed by atoms with Crippen LogP contribution in [0, 0.1) is 6.92 Å². The van der Waals surface area contributed by atoms with Crippen molar-refractivity contribution in [3.8, 4) is 11.8 Å². The quantitative estimate of drug-likeness (QED) is 0.735. The van der Waals surface area contributed by atoms with Crippen LogP contribution in [0.15, 0.2) is 76.7 Å². The summed E-state index contributed by atoms with van der Waals surface area (Å²) in [5, 5.41) is 0. The third kappa shape index (κ3) is 3.37. The molecule has 0 atom stereocenters. The lowest BCUT2D eigenvalue weighted by molar-refractivity contribution is 0.440. The monoisotopic (exact) mass is 326 g/mol. The smallest absolute Gasteiger partial charge is 0.322 e. The molecular formula is C17H14N2O3S. The molecule has 5 nitrogen and oxygen atoms in total. The zero-order valence-corrected chi connectivity index (χ0v) is 13.2. The summed E-state index contributed by atoms with van der Waals surface area (Å²) in [6.07, 6.45) is 1.60. The van der Waals surface area contributed by atoms with Gasteiger partial charge in [-0.15, -0.1) is 0 Å². The van der Waals surface area contributed by atoms with Crippen molar-refractivity contribution in [2.24, 2.45) is 0 Å². The number of benzene rings is 2. The van der Waals surface area contributed by atoms with Gasteiger partial charge in [-0.25, -0.2) is 18.4 Å². The van der Waals surface area contributed by atoms with Crippen molar-refractivity contribution in [3.63, 3.8) is 0 Å². The highest BCUT2D eigenvalue weighted by atomic mass is 32.2. The van der Waals surface area contributed by atoms with E-state index in [0.717, 1.165) is 5.69 Å². The van der Waals surface area contributed by atoms with Gasteiger partial charge in [0.1, 0.15) is 5.75 Å². The fourth-order valence-corrected chi connectivity index (χ4v) is 3.29. The largest absolute Gasteiger partial charge is 0.424 e. The number of sulfone groups is 1. The molecule has 6 heteroatoms. The van der Waals surface area contributed by atoms with E-state index < -0.39 is 9.84 Å². The van der Waals surface area contributed by atoms with E-state index in [1.54, 1.807) is 54.7 Å². The molecule has 116 valence electrons. The first kappa shape index (κ1) is 15.2. The Hall–Kier alpha value is -2.73. The number of nitrogens with zero attached hydrogens (tertiary/aromatic N) is 2. The summed E-state index contributed by atoms with van der Waals surface area (Å²) >= 11 is 0. The van der Waals surface area contributed by atoms with Gasteiger partial charge in [-0.05, 0) is 49.4 Å². The number of rotatable bonds is 4. The predicted octanol–water partition coefficient (Wildman–Crippen LogP) is 3.41. The summed E-state index contributed by atoms with van der Waals surface area (Å²) in [7, 11) is -3.52. The van der Waals surface area contributed by atoms with E-state index >= 15 is 0 Å². The van der Waals surface area contributed by atoms with E-state index in [4.69, 9.17) is 4.74 Å². The Balaban J connectivity index is 1.85. The van der Waals surface area contributed by atoms with E-state index in [2.05, 4.69) is 9.97 Å². The van der Waals surface area contributed by atoms with Gasteiger partial charge in [0.15, 0.2) is 0 Å². The van der Waals surface area contributed by atoms with Crippen molar-refractivity contribution >= 4 is 9.84 Å². The zero-order chi connectivity index (χ0) is 16.3. The van der Waals surface area contributed by atoms with E-state index in [-0.39, 0.29) is 15.8 Å². The molecule has 0 bridgehead atoms. The van der Waals surface area contributed by atoms with Crippen molar-refractivity contribution in [1.82, 2.24) is 9.97 Å². The summed E-state index contributed by atoms with van der Waals surface area (Å²) in [5.41, 5.74) is 0.790. The zero-order valence-electron chi connectivity index (χ0n) is 12.4. The molecule has 0 aliphatic rings. The molecule has 0 spiro atoms. The van der Waals surface area contributed by atoms with Crippen molar-refractivity contribution in [1.29, 1.82) is 0 Å². The third-order valence-electron chi connectivity index (χ3n) is 3.17. The molecule has 0 saturated heterocycles. The lowest BCUT2D eigenvalue weighted by Crippen LogP contribution is -2.01. The molecule has 2 aromatic carbocycles. The maximum atomic E-state index is 12.5. The highest BCUT2D eigenvalue weighted by molar-refractivity contribution is 7.91. The average Bonchev–Trinajstić information content (AvgIpc) is 2.56. The van der Waals surface area contributed by atoms with Gasteiger partial charge < -0.3 is 4.74 Å². The first-order chi connectivity index (χ1) is 11.1. The van der Waals surface area contributed by atoms with Crippen molar-refractivity contribution in [3.05, 3.63) is 72.6 Å². The highest BCUT2D eigenvalue weighted by Gasteiger charge is 2.17. The topological polar surface area (TPSA) is 69.2 Å². The predicted molar refractivity (Wildman–Crippen MR) is 85.2 cm³/mol. The molecule has 23 heavy (non-hydrogen) atoms. The van der Waals surface area contributed by atoms with Crippen LogP contribution in [0.2, 0.25) is 0 Å². The molecule has 1 aromatic heterocycles. The first-order valence-corrected chi connectivity index (χ1v) is 8.42. The van der Waals surface area contributed by atoms with Crippen LogP contribution in [0.5, 0.6) is 11.8 Å². The molecule has 0 fully saturated rings. The maximum Gasteiger partial charge on any atom is 0.322 e. The van der Waals surface area contributed by atoms with Gasteiger partial charge in [-0.2, -0.15) is 0 Å². The summed E-state index contributed by atoms with van der Waals surface area (Å²) in [6, 6.07) is 16.5. The maximum absolute atomic E-state index is 12.5. The molecule has 0 unspecified atom stereocenters. The lowest BCUT2D eigenvalue weighted by atomic mass is 10.3. The SMILES string of the molecule is Cc1ccnc(Oc2ccc(S(=O)(=O)c3ccccc3)cc2)n1. The normalized spacial score (nSPS) is 11.2. The summed E-state index contributed by atoms with van der Waals surface area (Å²) < 4.78 is 30.5. The number of ether oxygens (including phenoxy) is 1. The fraction of sp³-hybridized carbons (Fsp3) is 0.0588. The standard InChI is InChI=1S/C17H14N2O3S/c1-13-11-12-18-17(19-13)22-14-7-9-16(10-8-14)23(20,21)15-5-3-2-4-6-15/h2-12H,1H3. The summed E-state index contributed by atoms with van der Waals surface area (Å²) in [6.45, 7) is 1.84. The molecule has 1 heterocycles.